The van der Waals surface area contributed by atoms with E-state index in [1.54, 1.807) is 12.1 Å². The summed E-state index contributed by atoms with van der Waals surface area (Å²) < 4.78 is 5.97. The zero-order valence-corrected chi connectivity index (χ0v) is 19.8. The highest BCUT2D eigenvalue weighted by molar-refractivity contribution is 5.91. The highest BCUT2D eigenvalue weighted by Gasteiger charge is 2.31. The normalized spacial score (nSPS) is 12.1. The Hall–Kier alpha value is -2.29. The van der Waals surface area contributed by atoms with Crippen LogP contribution in [0, 0.1) is 0 Å². The monoisotopic (exact) mass is 410 g/mol. The van der Waals surface area contributed by atoms with Crippen molar-refractivity contribution < 1.29 is 14.6 Å². The molecule has 0 saturated heterocycles. The van der Waals surface area contributed by atoms with Crippen molar-refractivity contribution in [2.75, 3.05) is 0 Å². The van der Waals surface area contributed by atoms with Crippen LogP contribution in [-0.4, -0.2) is 11.1 Å². The fraction of sp³-hybridized carbons (Fsp3) is 0.519. The molecule has 0 bridgehead atoms. The molecule has 0 heterocycles. The smallest absolute Gasteiger partial charge is 0.343 e. The standard InChI is InChI=1S/C27H38O3/c1-8-9-10-14-17-20-22(30-25(29)19-15-12-11-13-16-19)18-21(26(2,3)4)24(28)23(20)27(5,6)7/h11-13,15-16,18,28H,8-10,14,17H2,1-7H3. The van der Waals surface area contributed by atoms with Gasteiger partial charge in [0.25, 0.3) is 0 Å². The summed E-state index contributed by atoms with van der Waals surface area (Å²) in [4.78, 5) is 12.9. The van der Waals surface area contributed by atoms with Crippen LogP contribution < -0.4 is 4.74 Å². The maximum Gasteiger partial charge on any atom is 0.343 e. The van der Waals surface area contributed by atoms with Crippen molar-refractivity contribution in [3.8, 4) is 11.5 Å². The van der Waals surface area contributed by atoms with Gasteiger partial charge >= 0.3 is 5.97 Å². The Bertz CT molecular complexity index is 852. The van der Waals surface area contributed by atoms with Crippen LogP contribution in [0.3, 0.4) is 0 Å². The highest BCUT2D eigenvalue weighted by atomic mass is 16.5. The quantitative estimate of drug-likeness (QED) is 0.295. The third-order valence-corrected chi connectivity index (χ3v) is 5.42. The zero-order chi connectivity index (χ0) is 22.5. The number of aromatic hydroxyl groups is 1. The number of hydrogen-bond acceptors (Lipinski definition) is 3. The van der Waals surface area contributed by atoms with Crippen LogP contribution in [0.2, 0.25) is 0 Å². The first-order valence-electron chi connectivity index (χ1n) is 11.1. The average molecular weight is 411 g/mol. The van der Waals surface area contributed by atoms with E-state index in [0.717, 1.165) is 42.4 Å². The predicted octanol–water partition coefficient (Wildman–Crippen LogP) is 7.33. The number of phenols is 1. The van der Waals surface area contributed by atoms with Crippen LogP contribution in [0.25, 0.3) is 0 Å². The van der Waals surface area contributed by atoms with E-state index in [2.05, 4.69) is 48.5 Å². The Morgan fingerprint density at radius 2 is 1.57 bits per heavy atom. The molecule has 0 amide bonds. The van der Waals surface area contributed by atoms with E-state index in [-0.39, 0.29) is 16.8 Å². The summed E-state index contributed by atoms with van der Waals surface area (Å²) >= 11 is 0. The van der Waals surface area contributed by atoms with Gasteiger partial charge in [0.2, 0.25) is 0 Å². The number of rotatable bonds is 7. The Kier molecular flexibility index (Phi) is 7.74. The summed E-state index contributed by atoms with van der Waals surface area (Å²) in [6.07, 6.45) is 5.24. The molecule has 0 saturated carbocycles. The van der Waals surface area contributed by atoms with E-state index >= 15 is 0 Å². The van der Waals surface area contributed by atoms with Gasteiger partial charge in [0.05, 0.1) is 5.56 Å². The maximum atomic E-state index is 12.9. The Balaban J connectivity index is 2.61. The minimum atomic E-state index is -0.365. The molecule has 0 aliphatic carbocycles. The first-order valence-corrected chi connectivity index (χ1v) is 11.1. The molecule has 0 aliphatic heterocycles. The Morgan fingerprint density at radius 1 is 0.933 bits per heavy atom. The number of esters is 1. The van der Waals surface area contributed by atoms with Gasteiger partial charge < -0.3 is 9.84 Å². The van der Waals surface area contributed by atoms with Crippen molar-refractivity contribution in [1.29, 1.82) is 0 Å². The molecule has 2 aromatic carbocycles. The SMILES string of the molecule is CCCCCCc1c(OC(=O)c2ccccc2)cc(C(C)(C)C)c(O)c1C(C)(C)C. The van der Waals surface area contributed by atoms with Gasteiger partial charge in [-0.3, -0.25) is 0 Å². The first-order chi connectivity index (χ1) is 14.0. The summed E-state index contributed by atoms with van der Waals surface area (Å²) in [7, 11) is 0. The Labute approximate surface area is 182 Å². The van der Waals surface area contributed by atoms with E-state index in [1.165, 1.54) is 6.42 Å². The van der Waals surface area contributed by atoms with Crippen molar-refractivity contribution in [3.05, 3.63) is 58.7 Å². The summed E-state index contributed by atoms with van der Waals surface area (Å²) in [6, 6.07) is 10.9. The molecule has 0 unspecified atom stereocenters. The largest absolute Gasteiger partial charge is 0.507 e. The van der Waals surface area contributed by atoms with Crippen LogP contribution >= 0.6 is 0 Å². The molecule has 1 N–H and O–H groups in total. The minimum Gasteiger partial charge on any atom is -0.507 e. The van der Waals surface area contributed by atoms with Crippen molar-refractivity contribution in [3.63, 3.8) is 0 Å². The van der Waals surface area contributed by atoms with Gasteiger partial charge in [-0.1, -0.05) is 85.9 Å². The number of phenolic OH excluding ortho intramolecular Hbond substituents is 1. The van der Waals surface area contributed by atoms with Gasteiger partial charge in [-0.05, 0) is 41.9 Å². The summed E-state index contributed by atoms with van der Waals surface area (Å²) in [6.45, 7) is 14.7. The highest BCUT2D eigenvalue weighted by Crippen LogP contribution is 2.45. The molecule has 0 aliphatic rings. The lowest BCUT2D eigenvalue weighted by Crippen LogP contribution is -2.21. The van der Waals surface area contributed by atoms with Crippen molar-refractivity contribution in [1.82, 2.24) is 0 Å². The second-order valence-electron chi connectivity index (χ2n) is 10.2. The lowest BCUT2D eigenvalue weighted by Gasteiger charge is -2.31. The summed E-state index contributed by atoms with van der Waals surface area (Å²) in [5, 5.41) is 11.3. The molecule has 30 heavy (non-hydrogen) atoms. The second-order valence-corrected chi connectivity index (χ2v) is 10.2. The van der Waals surface area contributed by atoms with Crippen molar-refractivity contribution >= 4 is 5.97 Å². The fourth-order valence-electron chi connectivity index (χ4n) is 3.87. The zero-order valence-electron chi connectivity index (χ0n) is 19.8. The molecule has 2 aromatic rings. The molecule has 0 atom stereocenters. The lowest BCUT2D eigenvalue weighted by atomic mass is 9.76. The van der Waals surface area contributed by atoms with Gasteiger partial charge in [0, 0.05) is 16.7 Å². The molecule has 0 fully saturated rings. The van der Waals surface area contributed by atoms with Crippen LogP contribution in [0.5, 0.6) is 11.5 Å². The number of carbonyl (C=O) groups excluding carboxylic acids is 1. The van der Waals surface area contributed by atoms with E-state index in [0.29, 0.717) is 17.1 Å². The molecule has 3 nitrogen and oxygen atoms in total. The van der Waals surface area contributed by atoms with Gasteiger partial charge in [-0.2, -0.15) is 0 Å². The number of ether oxygens (including phenoxy) is 1. The number of hydrogen-bond donors (Lipinski definition) is 1. The van der Waals surface area contributed by atoms with Gasteiger partial charge in [0.1, 0.15) is 11.5 Å². The first kappa shape index (κ1) is 24.0. The maximum absolute atomic E-state index is 12.9. The summed E-state index contributed by atoms with van der Waals surface area (Å²) in [5.41, 5.74) is 2.62. The van der Waals surface area contributed by atoms with Crippen molar-refractivity contribution in [2.24, 2.45) is 0 Å². The number of unbranched alkanes of at least 4 members (excludes halogenated alkanes) is 3. The average Bonchev–Trinajstić information content (AvgIpc) is 2.65. The van der Waals surface area contributed by atoms with Crippen molar-refractivity contribution in [2.45, 2.75) is 91.4 Å². The lowest BCUT2D eigenvalue weighted by molar-refractivity contribution is 0.0732. The Morgan fingerprint density at radius 3 is 2.10 bits per heavy atom. The van der Waals surface area contributed by atoms with Gasteiger partial charge in [-0.15, -0.1) is 0 Å². The van der Waals surface area contributed by atoms with Crippen LogP contribution in [0.15, 0.2) is 36.4 Å². The molecular weight excluding hydrogens is 372 g/mol. The molecule has 0 radical (unpaired) electrons. The summed E-state index contributed by atoms with van der Waals surface area (Å²) in [5.74, 6) is 0.545. The molecular formula is C27H38O3. The number of benzene rings is 2. The predicted molar refractivity (Wildman–Crippen MR) is 125 cm³/mol. The van der Waals surface area contributed by atoms with Gasteiger partial charge in [0.15, 0.2) is 0 Å². The van der Waals surface area contributed by atoms with E-state index in [4.69, 9.17) is 4.74 Å². The molecule has 0 aromatic heterocycles. The van der Waals surface area contributed by atoms with Crippen LogP contribution in [0.4, 0.5) is 0 Å². The second kappa shape index (κ2) is 9.68. The molecule has 0 spiro atoms. The molecule has 3 heteroatoms. The fourth-order valence-corrected chi connectivity index (χ4v) is 3.87. The molecule has 164 valence electrons. The van der Waals surface area contributed by atoms with E-state index in [9.17, 15) is 9.90 Å². The third kappa shape index (κ3) is 5.87. The van der Waals surface area contributed by atoms with Crippen LogP contribution in [0.1, 0.15) is 101 Å². The van der Waals surface area contributed by atoms with E-state index in [1.807, 2.05) is 24.3 Å². The topological polar surface area (TPSA) is 46.5 Å². The van der Waals surface area contributed by atoms with Crippen LogP contribution in [-0.2, 0) is 17.3 Å². The molecule has 2 rings (SSSR count). The number of carbonyl (C=O) groups is 1. The minimum absolute atomic E-state index is 0.278. The third-order valence-electron chi connectivity index (χ3n) is 5.42. The van der Waals surface area contributed by atoms with E-state index < -0.39 is 0 Å². The van der Waals surface area contributed by atoms with Gasteiger partial charge in [-0.25, -0.2) is 4.79 Å².